The largest absolute Gasteiger partial charge is 0.385 e. The number of hydrogen-bond donors (Lipinski definition) is 0. The molecular formula is C13H31NO. The summed E-state index contributed by atoms with van der Waals surface area (Å²) in [5, 5.41) is 0. The fraction of sp³-hybridized carbons (Fsp3) is 1.00. The van der Waals surface area contributed by atoms with Crippen molar-refractivity contribution in [1.29, 1.82) is 0 Å². The molecule has 2 nitrogen and oxygen atoms in total. The van der Waals surface area contributed by atoms with Crippen LogP contribution in [0.2, 0.25) is 0 Å². The van der Waals surface area contributed by atoms with E-state index in [1.807, 2.05) is 0 Å². The Hall–Kier alpha value is -0.0800. The summed E-state index contributed by atoms with van der Waals surface area (Å²) in [4.78, 5) is 2.22. The number of nitrogens with zero attached hydrogens (tertiary/aromatic N) is 1. The summed E-state index contributed by atoms with van der Waals surface area (Å²) in [5.74, 6) is 1.62. The molecule has 0 heterocycles. The SMILES string of the molecule is CC(C)CCN(C)C.COCCC(C)C. The average molecular weight is 217 g/mol. The summed E-state index contributed by atoms with van der Waals surface area (Å²) in [6.45, 7) is 11.0. The van der Waals surface area contributed by atoms with Gasteiger partial charge < -0.3 is 9.64 Å². The van der Waals surface area contributed by atoms with Crippen molar-refractivity contribution in [2.24, 2.45) is 11.8 Å². The van der Waals surface area contributed by atoms with Crippen molar-refractivity contribution in [1.82, 2.24) is 4.90 Å². The predicted octanol–water partition coefficient (Wildman–Crippen LogP) is 3.27. The Balaban J connectivity index is 0. The summed E-state index contributed by atoms with van der Waals surface area (Å²) < 4.78 is 4.85. The maximum absolute atomic E-state index is 4.85. The van der Waals surface area contributed by atoms with E-state index in [1.165, 1.54) is 19.4 Å². The van der Waals surface area contributed by atoms with Gasteiger partial charge in [-0.25, -0.2) is 0 Å². The van der Waals surface area contributed by atoms with Crippen LogP contribution in [-0.2, 0) is 4.74 Å². The lowest BCUT2D eigenvalue weighted by atomic mass is 10.1. The zero-order valence-corrected chi connectivity index (χ0v) is 11.8. The molecule has 0 saturated carbocycles. The molecule has 0 unspecified atom stereocenters. The Morgan fingerprint density at radius 3 is 1.53 bits per heavy atom. The molecule has 0 aromatic rings. The molecule has 94 valence electrons. The van der Waals surface area contributed by atoms with Crippen LogP contribution in [-0.4, -0.2) is 39.3 Å². The van der Waals surface area contributed by atoms with Gasteiger partial charge in [0.25, 0.3) is 0 Å². The van der Waals surface area contributed by atoms with Crippen molar-refractivity contribution >= 4 is 0 Å². The second-order valence-corrected chi connectivity index (χ2v) is 5.16. The van der Waals surface area contributed by atoms with Gasteiger partial charge in [-0.15, -0.1) is 0 Å². The topological polar surface area (TPSA) is 12.5 Å². The third-order valence-corrected chi connectivity index (χ3v) is 2.05. The van der Waals surface area contributed by atoms with Gasteiger partial charge in [0.2, 0.25) is 0 Å². The normalized spacial score (nSPS) is 10.8. The maximum Gasteiger partial charge on any atom is 0.0464 e. The molecule has 0 aromatic heterocycles. The predicted molar refractivity (Wildman–Crippen MR) is 69.3 cm³/mol. The van der Waals surface area contributed by atoms with Crippen LogP contribution in [0.25, 0.3) is 0 Å². The van der Waals surface area contributed by atoms with Crippen LogP contribution in [0.15, 0.2) is 0 Å². The van der Waals surface area contributed by atoms with E-state index in [9.17, 15) is 0 Å². The van der Waals surface area contributed by atoms with Gasteiger partial charge in [-0.3, -0.25) is 0 Å². The van der Waals surface area contributed by atoms with Gasteiger partial charge in [0.15, 0.2) is 0 Å². The summed E-state index contributed by atoms with van der Waals surface area (Å²) in [7, 11) is 5.97. The van der Waals surface area contributed by atoms with Gasteiger partial charge in [0.05, 0.1) is 0 Å². The highest BCUT2D eigenvalue weighted by Gasteiger charge is 1.93. The Morgan fingerprint density at radius 1 is 0.933 bits per heavy atom. The highest BCUT2D eigenvalue weighted by atomic mass is 16.5. The summed E-state index contributed by atoms with van der Waals surface area (Å²) in [6.07, 6.45) is 2.49. The molecule has 0 aliphatic rings. The Labute approximate surface area is 97.0 Å². The summed E-state index contributed by atoms with van der Waals surface area (Å²) in [5.41, 5.74) is 0. The molecule has 0 N–H and O–H groups in total. The molecule has 0 aliphatic carbocycles. The molecule has 0 radical (unpaired) electrons. The highest BCUT2D eigenvalue weighted by Crippen LogP contribution is 1.98. The zero-order valence-electron chi connectivity index (χ0n) is 11.8. The first-order valence-electron chi connectivity index (χ1n) is 6.03. The lowest BCUT2D eigenvalue weighted by Gasteiger charge is -2.10. The van der Waals surface area contributed by atoms with Crippen molar-refractivity contribution in [3.05, 3.63) is 0 Å². The average Bonchev–Trinajstić information content (AvgIpc) is 2.12. The molecule has 0 bridgehead atoms. The fourth-order valence-corrected chi connectivity index (χ4v) is 0.870. The fourth-order valence-electron chi connectivity index (χ4n) is 0.870. The molecule has 0 aromatic carbocycles. The van der Waals surface area contributed by atoms with E-state index in [4.69, 9.17) is 4.74 Å². The van der Waals surface area contributed by atoms with Gasteiger partial charge >= 0.3 is 0 Å². The molecule has 0 amide bonds. The third kappa shape index (κ3) is 24.9. The van der Waals surface area contributed by atoms with E-state index in [2.05, 4.69) is 46.7 Å². The molecular weight excluding hydrogens is 186 g/mol. The summed E-state index contributed by atoms with van der Waals surface area (Å²) in [6, 6.07) is 0. The van der Waals surface area contributed by atoms with Crippen molar-refractivity contribution in [2.75, 3.05) is 34.4 Å². The van der Waals surface area contributed by atoms with Crippen molar-refractivity contribution in [3.8, 4) is 0 Å². The third-order valence-electron chi connectivity index (χ3n) is 2.05. The monoisotopic (exact) mass is 217 g/mol. The van der Waals surface area contributed by atoms with Crippen molar-refractivity contribution in [2.45, 2.75) is 40.5 Å². The molecule has 0 spiro atoms. The van der Waals surface area contributed by atoms with Crippen LogP contribution in [0.4, 0.5) is 0 Å². The second-order valence-electron chi connectivity index (χ2n) is 5.16. The minimum atomic E-state index is 0.778. The quantitative estimate of drug-likeness (QED) is 0.677. The smallest absolute Gasteiger partial charge is 0.0464 e. The lowest BCUT2D eigenvalue weighted by molar-refractivity contribution is 0.183. The molecule has 0 saturated heterocycles. The van der Waals surface area contributed by atoms with Gasteiger partial charge in [0, 0.05) is 13.7 Å². The van der Waals surface area contributed by atoms with E-state index in [1.54, 1.807) is 7.11 Å². The Morgan fingerprint density at radius 2 is 1.40 bits per heavy atom. The number of methoxy groups -OCH3 is 1. The van der Waals surface area contributed by atoms with Crippen LogP contribution in [0.1, 0.15) is 40.5 Å². The van der Waals surface area contributed by atoms with Crippen LogP contribution < -0.4 is 0 Å². The molecule has 2 heteroatoms. The second kappa shape index (κ2) is 12.0. The maximum atomic E-state index is 4.85. The van der Waals surface area contributed by atoms with Crippen LogP contribution in [0.3, 0.4) is 0 Å². The standard InChI is InChI=1S/C7H17N.C6H14O/c1-7(2)5-6-8(3)4;1-6(2)4-5-7-3/h7H,5-6H2,1-4H3;6H,4-5H2,1-3H3. The molecule has 0 rings (SSSR count). The van der Waals surface area contributed by atoms with E-state index >= 15 is 0 Å². The van der Waals surface area contributed by atoms with E-state index in [0.29, 0.717) is 0 Å². The number of ether oxygens (including phenoxy) is 1. The van der Waals surface area contributed by atoms with E-state index in [-0.39, 0.29) is 0 Å². The van der Waals surface area contributed by atoms with E-state index < -0.39 is 0 Å². The van der Waals surface area contributed by atoms with E-state index in [0.717, 1.165) is 18.4 Å². The molecule has 0 atom stereocenters. The summed E-state index contributed by atoms with van der Waals surface area (Å²) >= 11 is 0. The van der Waals surface area contributed by atoms with Gasteiger partial charge in [-0.1, -0.05) is 27.7 Å². The zero-order chi connectivity index (χ0) is 12.3. The van der Waals surface area contributed by atoms with Gasteiger partial charge in [0.1, 0.15) is 0 Å². The van der Waals surface area contributed by atoms with Crippen LogP contribution in [0, 0.1) is 11.8 Å². The van der Waals surface area contributed by atoms with Gasteiger partial charge in [-0.2, -0.15) is 0 Å². The molecule has 15 heavy (non-hydrogen) atoms. The number of rotatable bonds is 6. The van der Waals surface area contributed by atoms with Crippen molar-refractivity contribution in [3.63, 3.8) is 0 Å². The Bertz CT molecular complexity index is 103. The van der Waals surface area contributed by atoms with Crippen LogP contribution >= 0.6 is 0 Å². The highest BCUT2D eigenvalue weighted by molar-refractivity contribution is 4.47. The first kappa shape index (κ1) is 17.3. The minimum absolute atomic E-state index is 0.778. The first-order valence-corrected chi connectivity index (χ1v) is 6.03. The minimum Gasteiger partial charge on any atom is -0.385 e. The first-order chi connectivity index (χ1) is 6.90. The molecule has 0 aliphatic heterocycles. The Kier molecular flexibility index (Phi) is 13.8. The lowest BCUT2D eigenvalue weighted by Crippen LogP contribution is -2.14. The van der Waals surface area contributed by atoms with Gasteiger partial charge in [-0.05, 0) is 45.3 Å². The molecule has 0 fully saturated rings. The van der Waals surface area contributed by atoms with Crippen LogP contribution in [0.5, 0.6) is 0 Å². The van der Waals surface area contributed by atoms with Crippen molar-refractivity contribution < 1.29 is 4.74 Å². The number of hydrogen-bond acceptors (Lipinski definition) is 2.